The fourth-order valence-corrected chi connectivity index (χ4v) is 2.29. The highest BCUT2D eigenvalue weighted by atomic mass is 32.2. The Balaban J connectivity index is 2.00. The van der Waals surface area contributed by atoms with Crippen LogP contribution in [0.1, 0.15) is 24.8 Å². The summed E-state index contributed by atoms with van der Waals surface area (Å²) in [5.41, 5.74) is 0.990. The lowest BCUT2D eigenvalue weighted by Crippen LogP contribution is -2.16. The molecule has 1 aliphatic rings. The molecule has 1 aliphatic carbocycles. The molecule has 110 valence electrons. The number of hydrogen-bond donors (Lipinski definition) is 1. The molecule has 0 saturated heterocycles. The van der Waals surface area contributed by atoms with Crippen molar-refractivity contribution in [1.29, 1.82) is 0 Å². The van der Waals surface area contributed by atoms with Crippen LogP contribution in [0.5, 0.6) is 5.75 Å². The number of non-ortho nitro benzene ring substituents is 1. The summed E-state index contributed by atoms with van der Waals surface area (Å²) >= 11 is 1.79. The first-order valence-corrected chi connectivity index (χ1v) is 8.22. The van der Waals surface area contributed by atoms with E-state index >= 15 is 0 Å². The van der Waals surface area contributed by atoms with Gasteiger partial charge in [0.05, 0.1) is 11.5 Å². The number of thioether (sulfide) groups is 1. The Labute approximate surface area is 123 Å². The number of nitro benzene ring substituents is 1. The minimum Gasteiger partial charge on any atom is -0.493 e. The summed E-state index contributed by atoms with van der Waals surface area (Å²) in [6, 6.07) is 5.39. The second-order valence-electron chi connectivity index (χ2n) is 4.90. The second-order valence-corrected chi connectivity index (χ2v) is 5.88. The van der Waals surface area contributed by atoms with E-state index in [1.165, 1.54) is 18.9 Å². The van der Waals surface area contributed by atoms with Gasteiger partial charge in [-0.2, -0.15) is 11.8 Å². The van der Waals surface area contributed by atoms with Crippen LogP contribution < -0.4 is 10.1 Å². The normalized spacial score (nSPS) is 14.2. The van der Waals surface area contributed by atoms with Gasteiger partial charge in [-0.3, -0.25) is 10.1 Å². The number of ether oxygens (including phenoxy) is 1. The van der Waals surface area contributed by atoms with Crippen molar-refractivity contribution in [1.82, 2.24) is 5.32 Å². The highest BCUT2D eigenvalue weighted by Gasteiger charge is 2.21. The summed E-state index contributed by atoms with van der Waals surface area (Å²) < 4.78 is 5.75. The maximum Gasteiger partial charge on any atom is 0.270 e. The summed E-state index contributed by atoms with van der Waals surface area (Å²) in [5, 5.41) is 14.2. The first-order chi connectivity index (χ1) is 9.70. The van der Waals surface area contributed by atoms with Crippen LogP contribution >= 0.6 is 11.8 Å². The zero-order valence-electron chi connectivity index (χ0n) is 11.6. The SMILES string of the molecule is CSCCCOc1ccc([N+](=O)[O-])cc1CNC1CC1. The second kappa shape index (κ2) is 7.50. The van der Waals surface area contributed by atoms with Crippen molar-refractivity contribution < 1.29 is 9.66 Å². The van der Waals surface area contributed by atoms with E-state index in [0.717, 1.165) is 23.5 Å². The number of nitrogens with zero attached hydrogens (tertiary/aromatic N) is 1. The highest BCUT2D eigenvalue weighted by molar-refractivity contribution is 7.98. The zero-order valence-corrected chi connectivity index (χ0v) is 12.4. The monoisotopic (exact) mass is 296 g/mol. The number of hydrogen-bond acceptors (Lipinski definition) is 5. The molecule has 0 heterocycles. The van der Waals surface area contributed by atoms with E-state index in [9.17, 15) is 10.1 Å². The van der Waals surface area contributed by atoms with Crippen molar-refractivity contribution >= 4 is 17.4 Å². The van der Waals surface area contributed by atoms with Gasteiger partial charge in [0.2, 0.25) is 0 Å². The predicted molar refractivity (Wildman–Crippen MR) is 81.5 cm³/mol. The molecule has 0 amide bonds. The van der Waals surface area contributed by atoms with Crippen molar-refractivity contribution in [3.8, 4) is 5.75 Å². The molecule has 1 aromatic rings. The Bertz CT molecular complexity index is 464. The minimum absolute atomic E-state index is 0.120. The molecule has 6 heteroatoms. The maximum atomic E-state index is 10.9. The Morgan fingerprint density at radius 3 is 2.95 bits per heavy atom. The van der Waals surface area contributed by atoms with Gasteiger partial charge in [-0.25, -0.2) is 0 Å². The fraction of sp³-hybridized carbons (Fsp3) is 0.571. The molecular weight excluding hydrogens is 276 g/mol. The Morgan fingerprint density at radius 2 is 2.30 bits per heavy atom. The number of nitro groups is 1. The van der Waals surface area contributed by atoms with Crippen LogP contribution in [0, 0.1) is 10.1 Å². The van der Waals surface area contributed by atoms with E-state index in [1.54, 1.807) is 23.9 Å². The molecule has 0 aromatic heterocycles. The van der Waals surface area contributed by atoms with Gasteiger partial charge >= 0.3 is 0 Å². The van der Waals surface area contributed by atoms with Crippen LogP contribution in [0.2, 0.25) is 0 Å². The van der Waals surface area contributed by atoms with Gasteiger partial charge in [-0.1, -0.05) is 0 Å². The molecular formula is C14H20N2O3S. The molecule has 0 bridgehead atoms. The molecule has 0 radical (unpaired) electrons. The van der Waals surface area contributed by atoms with Crippen molar-refractivity contribution in [3.05, 3.63) is 33.9 Å². The summed E-state index contributed by atoms with van der Waals surface area (Å²) in [7, 11) is 0. The van der Waals surface area contributed by atoms with Crippen LogP contribution in [0.4, 0.5) is 5.69 Å². The molecule has 1 saturated carbocycles. The molecule has 0 unspecified atom stereocenters. The first kappa shape index (κ1) is 15.1. The largest absolute Gasteiger partial charge is 0.493 e. The number of nitrogens with one attached hydrogen (secondary N) is 1. The molecule has 0 atom stereocenters. The lowest BCUT2D eigenvalue weighted by Gasteiger charge is -2.12. The molecule has 2 rings (SSSR count). The van der Waals surface area contributed by atoms with Gasteiger partial charge < -0.3 is 10.1 Å². The highest BCUT2D eigenvalue weighted by Crippen LogP contribution is 2.26. The predicted octanol–water partition coefficient (Wildman–Crippen LogP) is 2.98. The van der Waals surface area contributed by atoms with Crippen LogP contribution in [-0.4, -0.2) is 29.6 Å². The summed E-state index contributed by atoms with van der Waals surface area (Å²) in [4.78, 5) is 10.5. The van der Waals surface area contributed by atoms with E-state index in [1.807, 2.05) is 0 Å². The summed E-state index contributed by atoms with van der Waals surface area (Å²) in [6.45, 7) is 1.28. The quantitative estimate of drug-likeness (QED) is 0.431. The van der Waals surface area contributed by atoms with Gasteiger partial charge in [0.15, 0.2) is 0 Å². The van der Waals surface area contributed by atoms with Crippen LogP contribution in [0.15, 0.2) is 18.2 Å². The lowest BCUT2D eigenvalue weighted by atomic mass is 10.1. The molecule has 0 spiro atoms. The third-order valence-electron chi connectivity index (χ3n) is 3.16. The van der Waals surface area contributed by atoms with Crippen molar-refractivity contribution in [2.75, 3.05) is 18.6 Å². The van der Waals surface area contributed by atoms with Crippen molar-refractivity contribution in [2.24, 2.45) is 0 Å². The third-order valence-corrected chi connectivity index (χ3v) is 3.86. The van der Waals surface area contributed by atoms with E-state index in [2.05, 4.69) is 11.6 Å². The fourth-order valence-electron chi connectivity index (χ4n) is 1.89. The van der Waals surface area contributed by atoms with Gasteiger partial charge in [0.25, 0.3) is 5.69 Å². The molecule has 5 nitrogen and oxygen atoms in total. The first-order valence-electron chi connectivity index (χ1n) is 6.83. The van der Waals surface area contributed by atoms with Gasteiger partial charge in [0.1, 0.15) is 5.75 Å². The van der Waals surface area contributed by atoms with Crippen molar-refractivity contribution in [2.45, 2.75) is 31.8 Å². The summed E-state index contributed by atoms with van der Waals surface area (Å²) in [6.07, 6.45) is 5.43. The van der Waals surface area contributed by atoms with E-state index < -0.39 is 0 Å². The Kier molecular flexibility index (Phi) is 5.67. The van der Waals surface area contributed by atoms with E-state index in [-0.39, 0.29) is 10.6 Å². The molecule has 1 N–H and O–H groups in total. The third kappa shape index (κ3) is 4.68. The Hall–Kier alpha value is -1.27. The van der Waals surface area contributed by atoms with Crippen LogP contribution in [0.3, 0.4) is 0 Å². The van der Waals surface area contributed by atoms with Gasteiger partial charge in [-0.15, -0.1) is 0 Å². The average molecular weight is 296 g/mol. The van der Waals surface area contributed by atoms with Crippen molar-refractivity contribution in [3.63, 3.8) is 0 Å². The van der Waals surface area contributed by atoms with Gasteiger partial charge in [-0.05, 0) is 37.3 Å². The number of rotatable bonds is 9. The van der Waals surface area contributed by atoms with E-state index in [4.69, 9.17) is 4.74 Å². The summed E-state index contributed by atoms with van der Waals surface area (Å²) in [5.74, 6) is 1.81. The minimum atomic E-state index is -0.363. The number of benzene rings is 1. The maximum absolute atomic E-state index is 10.9. The zero-order chi connectivity index (χ0) is 14.4. The molecule has 1 fully saturated rings. The van der Waals surface area contributed by atoms with Gasteiger partial charge in [0, 0.05) is 30.3 Å². The van der Waals surface area contributed by atoms with Crippen LogP contribution in [-0.2, 0) is 6.54 Å². The standard InChI is InChI=1S/C14H20N2O3S/c1-20-8-2-7-19-14-6-5-13(16(17)18)9-11(14)10-15-12-3-4-12/h5-6,9,12,15H,2-4,7-8,10H2,1H3. The molecule has 20 heavy (non-hydrogen) atoms. The van der Waals surface area contributed by atoms with Crippen LogP contribution in [0.25, 0.3) is 0 Å². The Morgan fingerprint density at radius 1 is 1.50 bits per heavy atom. The van der Waals surface area contributed by atoms with E-state index in [0.29, 0.717) is 19.2 Å². The topological polar surface area (TPSA) is 64.4 Å². The smallest absolute Gasteiger partial charge is 0.270 e. The molecule has 1 aromatic carbocycles. The molecule has 0 aliphatic heterocycles. The average Bonchev–Trinajstić information content (AvgIpc) is 3.26. The lowest BCUT2D eigenvalue weighted by molar-refractivity contribution is -0.384.